The minimum absolute atomic E-state index is 0.291. The molecule has 0 saturated carbocycles. The van der Waals surface area contributed by atoms with E-state index in [2.05, 4.69) is 15.3 Å². The molecule has 0 aliphatic carbocycles. The minimum atomic E-state index is -0.291. The second-order valence-electron chi connectivity index (χ2n) is 3.01. The van der Waals surface area contributed by atoms with Crippen LogP contribution in [-0.2, 0) is 0 Å². The lowest BCUT2D eigenvalue weighted by Gasteiger charge is -2.01. The van der Waals surface area contributed by atoms with Gasteiger partial charge in [0.05, 0.1) is 13.3 Å². The van der Waals surface area contributed by atoms with E-state index in [4.69, 9.17) is 16.3 Å². The van der Waals surface area contributed by atoms with Crippen molar-refractivity contribution in [2.45, 2.75) is 0 Å². The summed E-state index contributed by atoms with van der Waals surface area (Å²) in [6.45, 7) is 0. The molecule has 88 valence electrons. The number of anilines is 1. The molecule has 0 aliphatic rings. The maximum Gasteiger partial charge on any atom is 0.273 e. The highest BCUT2D eigenvalue weighted by atomic mass is 35.5. The zero-order valence-corrected chi connectivity index (χ0v) is 10.4. The summed E-state index contributed by atoms with van der Waals surface area (Å²) >= 11 is 6.94. The molecule has 0 aliphatic heterocycles. The zero-order valence-electron chi connectivity index (χ0n) is 8.81. The number of carbonyl (C=O) groups is 1. The first kappa shape index (κ1) is 11.8. The Morgan fingerprint density at radius 1 is 1.53 bits per heavy atom. The minimum Gasteiger partial charge on any atom is -0.473 e. The van der Waals surface area contributed by atoms with Crippen LogP contribution in [0.3, 0.4) is 0 Å². The van der Waals surface area contributed by atoms with Crippen LogP contribution in [0.25, 0.3) is 0 Å². The standard InChI is InChI=1S/C10H8ClN3O2S/c1-16-10-13-5-7(17-10)9(15)14-8-4-6(11)2-3-12-8/h2-5H,1H3,(H,12,14,15). The van der Waals surface area contributed by atoms with Crippen LogP contribution < -0.4 is 10.1 Å². The van der Waals surface area contributed by atoms with Crippen molar-refractivity contribution in [1.82, 2.24) is 9.97 Å². The van der Waals surface area contributed by atoms with Gasteiger partial charge in [-0.1, -0.05) is 22.9 Å². The molecule has 5 nitrogen and oxygen atoms in total. The SMILES string of the molecule is COc1ncc(C(=O)Nc2cc(Cl)ccn2)s1. The van der Waals surface area contributed by atoms with Crippen molar-refractivity contribution in [3.05, 3.63) is 34.4 Å². The van der Waals surface area contributed by atoms with Crippen LogP contribution in [-0.4, -0.2) is 23.0 Å². The Morgan fingerprint density at radius 2 is 2.35 bits per heavy atom. The number of amides is 1. The third-order valence-electron chi connectivity index (χ3n) is 1.85. The molecule has 0 aromatic carbocycles. The Kier molecular flexibility index (Phi) is 3.55. The van der Waals surface area contributed by atoms with E-state index in [0.29, 0.717) is 20.9 Å². The zero-order chi connectivity index (χ0) is 12.3. The summed E-state index contributed by atoms with van der Waals surface area (Å²) < 4.78 is 4.91. The summed E-state index contributed by atoms with van der Waals surface area (Å²) in [5, 5.41) is 3.57. The Bertz CT molecular complexity index is 544. The van der Waals surface area contributed by atoms with Gasteiger partial charge >= 0.3 is 0 Å². The quantitative estimate of drug-likeness (QED) is 0.930. The van der Waals surface area contributed by atoms with Crippen LogP contribution in [0.1, 0.15) is 9.67 Å². The maximum absolute atomic E-state index is 11.8. The molecule has 2 rings (SSSR count). The fraction of sp³-hybridized carbons (Fsp3) is 0.100. The first-order valence-electron chi connectivity index (χ1n) is 4.62. The molecule has 7 heteroatoms. The van der Waals surface area contributed by atoms with E-state index in [1.54, 1.807) is 12.1 Å². The van der Waals surface area contributed by atoms with Crippen LogP contribution in [0.4, 0.5) is 5.82 Å². The fourth-order valence-electron chi connectivity index (χ4n) is 1.11. The molecule has 0 saturated heterocycles. The van der Waals surface area contributed by atoms with E-state index in [9.17, 15) is 4.79 Å². The lowest BCUT2D eigenvalue weighted by atomic mass is 10.4. The second kappa shape index (κ2) is 5.11. The summed E-state index contributed by atoms with van der Waals surface area (Å²) in [6, 6.07) is 3.20. The van der Waals surface area contributed by atoms with E-state index in [1.807, 2.05) is 0 Å². The number of thiazole rings is 1. The highest BCUT2D eigenvalue weighted by Crippen LogP contribution is 2.21. The number of methoxy groups -OCH3 is 1. The Hall–Kier alpha value is -1.66. The number of carbonyl (C=O) groups excluding carboxylic acids is 1. The van der Waals surface area contributed by atoms with Crippen molar-refractivity contribution in [2.75, 3.05) is 12.4 Å². The van der Waals surface area contributed by atoms with Crippen molar-refractivity contribution in [2.24, 2.45) is 0 Å². The number of aromatic nitrogens is 2. The number of pyridine rings is 1. The van der Waals surface area contributed by atoms with Gasteiger partial charge < -0.3 is 10.1 Å². The molecular weight excluding hydrogens is 262 g/mol. The fourth-order valence-corrected chi connectivity index (χ4v) is 1.89. The van der Waals surface area contributed by atoms with Gasteiger partial charge in [-0.25, -0.2) is 9.97 Å². The third kappa shape index (κ3) is 2.92. The molecule has 0 atom stereocenters. The van der Waals surface area contributed by atoms with E-state index in [1.165, 1.54) is 19.5 Å². The lowest BCUT2D eigenvalue weighted by Crippen LogP contribution is -2.11. The highest BCUT2D eigenvalue weighted by molar-refractivity contribution is 7.15. The third-order valence-corrected chi connectivity index (χ3v) is 3.04. The van der Waals surface area contributed by atoms with Gasteiger partial charge in [0.25, 0.3) is 11.1 Å². The van der Waals surface area contributed by atoms with Crippen LogP contribution >= 0.6 is 22.9 Å². The molecule has 2 aromatic rings. The van der Waals surface area contributed by atoms with Crippen LogP contribution in [0, 0.1) is 0 Å². The van der Waals surface area contributed by atoms with Crippen molar-refractivity contribution in [3.63, 3.8) is 0 Å². The average molecular weight is 270 g/mol. The van der Waals surface area contributed by atoms with Gasteiger partial charge in [-0.15, -0.1) is 0 Å². The molecule has 1 N–H and O–H groups in total. The Balaban J connectivity index is 2.11. The first-order chi connectivity index (χ1) is 8.19. The number of nitrogens with zero attached hydrogens (tertiary/aromatic N) is 2. The van der Waals surface area contributed by atoms with Crippen LogP contribution in [0.2, 0.25) is 5.02 Å². The number of nitrogens with one attached hydrogen (secondary N) is 1. The van der Waals surface area contributed by atoms with E-state index in [-0.39, 0.29) is 5.91 Å². The van der Waals surface area contributed by atoms with E-state index in [0.717, 1.165) is 11.3 Å². The summed E-state index contributed by atoms with van der Waals surface area (Å²) in [5.74, 6) is 0.107. The molecular formula is C10H8ClN3O2S. The normalized spacial score (nSPS) is 10.0. The van der Waals surface area contributed by atoms with Gasteiger partial charge in [-0.3, -0.25) is 4.79 Å². The molecule has 2 heterocycles. The summed E-state index contributed by atoms with van der Waals surface area (Å²) in [4.78, 5) is 20.1. The predicted molar refractivity (Wildman–Crippen MR) is 65.9 cm³/mol. The van der Waals surface area contributed by atoms with Gasteiger partial charge in [0, 0.05) is 11.2 Å². The number of ether oxygens (including phenoxy) is 1. The van der Waals surface area contributed by atoms with Crippen molar-refractivity contribution < 1.29 is 9.53 Å². The average Bonchev–Trinajstić information content (AvgIpc) is 2.77. The topological polar surface area (TPSA) is 64.1 Å². The molecule has 0 unspecified atom stereocenters. The molecule has 0 fully saturated rings. The summed E-state index contributed by atoms with van der Waals surface area (Å²) in [6.07, 6.45) is 2.97. The van der Waals surface area contributed by atoms with Crippen molar-refractivity contribution in [1.29, 1.82) is 0 Å². The number of hydrogen-bond donors (Lipinski definition) is 1. The lowest BCUT2D eigenvalue weighted by molar-refractivity contribution is 0.103. The van der Waals surface area contributed by atoms with Gasteiger partial charge in [-0.05, 0) is 12.1 Å². The second-order valence-corrected chi connectivity index (χ2v) is 4.44. The molecule has 2 aromatic heterocycles. The largest absolute Gasteiger partial charge is 0.473 e. The van der Waals surface area contributed by atoms with E-state index < -0.39 is 0 Å². The predicted octanol–water partition coefficient (Wildman–Crippen LogP) is 2.45. The van der Waals surface area contributed by atoms with Gasteiger partial charge in [0.2, 0.25) is 0 Å². The first-order valence-corrected chi connectivity index (χ1v) is 5.81. The van der Waals surface area contributed by atoms with Gasteiger partial charge in [-0.2, -0.15) is 0 Å². The van der Waals surface area contributed by atoms with Gasteiger partial charge in [0.15, 0.2) is 0 Å². The molecule has 1 amide bonds. The number of halogens is 1. The van der Waals surface area contributed by atoms with Crippen LogP contribution in [0.5, 0.6) is 5.19 Å². The molecule has 0 radical (unpaired) electrons. The highest BCUT2D eigenvalue weighted by Gasteiger charge is 2.11. The number of rotatable bonds is 3. The van der Waals surface area contributed by atoms with Crippen molar-refractivity contribution in [3.8, 4) is 5.19 Å². The molecule has 0 spiro atoms. The summed E-state index contributed by atoms with van der Waals surface area (Å²) in [7, 11) is 1.50. The van der Waals surface area contributed by atoms with Gasteiger partial charge in [0.1, 0.15) is 10.7 Å². The Labute approximate surface area is 106 Å². The summed E-state index contributed by atoms with van der Waals surface area (Å²) in [5.41, 5.74) is 0. The maximum atomic E-state index is 11.8. The smallest absolute Gasteiger partial charge is 0.273 e. The Morgan fingerprint density at radius 3 is 3.00 bits per heavy atom. The monoisotopic (exact) mass is 269 g/mol. The molecule has 17 heavy (non-hydrogen) atoms. The van der Waals surface area contributed by atoms with Crippen molar-refractivity contribution >= 4 is 34.7 Å². The van der Waals surface area contributed by atoms with E-state index >= 15 is 0 Å². The number of hydrogen-bond acceptors (Lipinski definition) is 5. The molecule has 0 bridgehead atoms. The van der Waals surface area contributed by atoms with Crippen LogP contribution in [0.15, 0.2) is 24.5 Å².